The van der Waals surface area contributed by atoms with Crippen molar-refractivity contribution in [2.24, 2.45) is 0 Å². The van der Waals surface area contributed by atoms with Gasteiger partial charge in [-0.05, 0) is 24.3 Å². The van der Waals surface area contributed by atoms with Crippen LogP contribution in [0, 0.1) is 0 Å². The quantitative estimate of drug-likeness (QED) is 0.515. The molecule has 1 saturated heterocycles. The normalized spacial score (nSPS) is 32.3. The molecule has 0 saturated carbocycles. The van der Waals surface area contributed by atoms with E-state index in [0.29, 0.717) is 10.7 Å². The zero-order valence-corrected chi connectivity index (χ0v) is 10.7. The molecule has 0 aromatic heterocycles. The van der Waals surface area contributed by atoms with Crippen LogP contribution in [0.5, 0.6) is 0 Å². The van der Waals surface area contributed by atoms with E-state index in [1.165, 1.54) is 0 Å². The van der Waals surface area contributed by atoms with E-state index in [9.17, 15) is 15.3 Å². The first kappa shape index (κ1) is 14.5. The van der Waals surface area contributed by atoms with Crippen LogP contribution in [0.3, 0.4) is 0 Å². The number of nitrogens with one attached hydrogen (secondary N) is 1. The van der Waals surface area contributed by atoms with Crippen molar-refractivity contribution in [1.29, 1.82) is 0 Å². The minimum Gasteiger partial charge on any atom is -0.394 e. The van der Waals surface area contributed by atoms with E-state index in [-0.39, 0.29) is 0 Å². The molecule has 1 aliphatic rings. The summed E-state index contributed by atoms with van der Waals surface area (Å²) in [5.74, 6) is 0. The second kappa shape index (κ2) is 6.04. The molecule has 0 amide bonds. The molecule has 19 heavy (non-hydrogen) atoms. The first-order valence-electron chi connectivity index (χ1n) is 5.85. The summed E-state index contributed by atoms with van der Waals surface area (Å²) in [5, 5.41) is 41.3. The first-order chi connectivity index (χ1) is 9.02. The maximum absolute atomic E-state index is 9.83. The molecule has 1 aliphatic heterocycles. The fourth-order valence-electron chi connectivity index (χ4n) is 1.96. The molecular formula is C12H16ClNO5. The molecule has 6 nitrogen and oxygen atoms in total. The Labute approximate surface area is 115 Å². The Bertz CT molecular complexity index is 415. The molecule has 1 heterocycles. The minimum absolute atomic E-state index is 0.553. The Hall–Kier alpha value is -0.890. The van der Waals surface area contributed by atoms with Gasteiger partial charge in [0, 0.05) is 10.7 Å². The van der Waals surface area contributed by atoms with Crippen molar-refractivity contribution in [2.75, 3.05) is 11.9 Å². The highest BCUT2D eigenvalue weighted by Crippen LogP contribution is 2.25. The van der Waals surface area contributed by atoms with Gasteiger partial charge in [0.25, 0.3) is 0 Å². The van der Waals surface area contributed by atoms with Gasteiger partial charge in [0.05, 0.1) is 6.61 Å². The molecule has 4 unspecified atom stereocenters. The van der Waals surface area contributed by atoms with Crippen LogP contribution in [0.15, 0.2) is 24.3 Å². The third-order valence-corrected chi connectivity index (χ3v) is 3.27. The van der Waals surface area contributed by atoms with Gasteiger partial charge >= 0.3 is 0 Å². The molecule has 5 atom stereocenters. The molecule has 0 spiro atoms. The van der Waals surface area contributed by atoms with Crippen molar-refractivity contribution in [3.05, 3.63) is 29.3 Å². The van der Waals surface area contributed by atoms with Crippen LogP contribution in [-0.4, -0.2) is 57.7 Å². The summed E-state index contributed by atoms with van der Waals surface area (Å²) < 4.78 is 5.32. The van der Waals surface area contributed by atoms with Crippen LogP contribution >= 0.6 is 11.6 Å². The van der Waals surface area contributed by atoms with Gasteiger partial charge in [-0.15, -0.1) is 0 Å². The zero-order chi connectivity index (χ0) is 14.0. The van der Waals surface area contributed by atoms with E-state index in [1.54, 1.807) is 24.3 Å². The molecule has 2 rings (SSSR count). The number of aliphatic hydroxyl groups excluding tert-OH is 4. The van der Waals surface area contributed by atoms with Crippen LogP contribution in [-0.2, 0) is 4.74 Å². The average Bonchev–Trinajstić information content (AvgIpc) is 2.69. The highest BCUT2D eigenvalue weighted by molar-refractivity contribution is 6.30. The van der Waals surface area contributed by atoms with E-state index < -0.39 is 37.3 Å². The molecule has 0 radical (unpaired) electrons. The number of ether oxygens (including phenoxy) is 1. The summed E-state index contributed by atoms with van der Waals surface area (Å²) in [4.78, 5) is 0. The predicted molar refractivity (Wildman–Crippen MR) is 68.8 cm³/mol. The van der Waals surface area contributed by atoms with Crippen molar-refractivity contribution >= 4 is 17.3 Å². The monoisotopic (exact) mass is 289 g/mol. The standard InChI is InChI=1S/C12H16ClNO5/c13-6-1-3-7(4-2-6)14-12-10(18)9(17)11(19-12)8(16)5-15/h1-4,8-12,14-18H,5H2/t8?,9?,10-,11?,12?/m1/s1. The number of rotatable bonds is 4. The second-order valence-corrected chi connectivity index (χ2v) is 4.84. The van der Waals surface area contributed by atoms with Crippen molar-refractivity contribution in [2.45, 2.75) is 30.6 Å². The number of aliphatic hydroxyl groups is 4. The molecule has 106 valence electrons. The molecule has 1 fully saturated rings. The van der Waals surface area contributed by atoms with Crippen molar-refractivity contribution in [3.63, 3.8) is 0 Å². The fourth-order valence-corrected chi connectivity index (χ4v) is 2.08. The Morgan fingerprint density at radius 3 is 2.42 bits per heavy atom. The number of hydrogen-bond donors (Lipinski definition) is 5. The van der Waals surface area contributed by atoms with E-state index in [2.05, 4.69) is 5.32 Å². The highest BCUT2D eigenvalue weighted by atomic mass is 35.5. The second-order valence-electron chi connectivity index (χ2n) is 4.40. The summed E-state index contributed by atoms with van der Waals surface area (Å²) in [7, 11) is 0. The van der Waals surface area contributed by atoms with Crippen LogP contribution < -0.4 is 5.32 Å². The molecule has 0 aliphatic carbocycles. The zero-order valence-electron chi connectivity index (χ0n) is 9.98. The topological polar surface area (TPSA) is 102 Å². The maximum Gasteiger partial charge on any atom is 0.157 e. The lowest BCUT2D eigenvalue weighted by atomic mass is 10.1. The van der Waals surface area contributed by atoms with Gasteiger partial charge in [-0.3, -0.25) is 0 Å². The number of anilines is 1. The van der Waals surface area contributed by atoms with Gasteiger partial charge in [0.15, 0.2) is 6.23 Å². The van der Waals surface area contributed by atoms with Crippen LogP contribution in [0.1, 0.15) is 0 Å². The summed E-state index contributed by atoms with van der Waals surface area (Å²) >= 11 is 5.75. The van der Waals surface area contributed by atoms with Gasteiger partial charge in [0.2, 0.25) is 0 Å². The van der Waals surface area contributed by atoms with E-state index in [4.69, 9.17) is 21.4 Å². The van der Waals surface area contributed by atoms with Gasteiger partial charge in [-0.25, -0.2) is 0 Å². The van der Waals surface area contributed by atoms with Gasteiger partial charge in [-0.1, -0.05) is 11.6 Å². The lowest BCUT2D eigenvalue weighted by molar-refractivity contribution is -0.0774. The summed E-state index contributed by atoms with van der Waals surface area (Å²) in [6.45, 7) is -0.553. The molecule has 7 heteroatoms. The summed E-state index contributed by atoms with van der Waals surface area (Å²) in [6, 6.07) is 6.73. The SMILES string of the molecule is OCC(O)C1OC(Nc2ccc(Cl)cc2)[C@H](O)C1O. The molecule has 1 aromatic carbocycles. The molecule has 0 bridgehead atoms. The first-order valence-corrected chi connectivity index (χ1v) is 6.23. The summed E-state index contributed by atoms with van der Waals surface area (Å²) in [5.41, 5.74) is 0.653. The third kappa shape index (κ3) is 3.17. The summed E-state index contributed by atoms with van der Waals surface area (Å²) in [6.07, 6.45) is -5.64. The van der Waals surface area contributed by atoms with Crippen molar-refractivity contribution in [1.82, 2.24) is 0 Å². The average molecular weight is 290 g/mol. The van der Waals surface area contributed by atoms with E-state index in [0.717, 1.165) is 0 Å². The van der Waals surface area contributed by atoms with E-state index in [1.807, 2.05) is 0 Å². The van der Waals surface area contributed by atoms with Crippen molar-refractivity contribution < 1.29 is 25.2 Å². The predicted octanol–water partition coefficient (Wildman–Crippen LogP) is -0.448. The van der Waals surface area contributed by atoms with Crippen LogP contribution in [0.4, 0.5) is 5.69 Å². The molecule has 1 aromatic rings. The van der Waals surface area contributed by atoms with Gasteiger partial charge < -0.3 is 30.5 Å². The van der Waals surface area contributed by atoms with Crippen LogP contribution in [0.2, 0.25) is 5.02 Å². The smallest absolute Gasteiger partial charge is 0.157 e. The largest absolute Gasteiger partial charge is 0.394 e. The van der Waals surface area contributed by atoms with Crippen molar-refractivity contribution in [3.8, 4) is 0 Å². The fraction of sp³-hybridized carbons (Fsp3) is 0.500. The Morgan fingerprint density at radius 1 is 1.21 bits per heavy atom. The highest BCUT2D eigenvalue weighted by Gasteiger charge is 2.45. The Morgan fingerprint density at radius 2 is 1.84 bits per heavy atom. The lowest BCUT2D eigenvalue weighted by Gasteiger charge is -2.19. The third-order valence-electron chi connectivity index (χ3n) is 3.02. The Balaban J connectivity index is 2.03. The minimum atomic E-state index is -1.27. The van der Waals surface area contributed by atoms with Gasteiger partial charge in [-0.2, -0.15) is 0 Å². The molecular weight excluding hydrogens is 274 g/mol. The number of hydrogen-bond acceptors (Lipinski definition) is 6. The molecule has 5 N–H and O–H groups in total. The number of halogens is 1. The van der Waals surface area contributed by atoms with E-state index >= 15 is 0 Å². The van der Waals surface area contributed by atoms with Gasteiger partial charge in [0.1, 0.15) is 24.4 Å². The lowest BCUT2D eigenvalue weighted by Crippen LogP contribution is -2.40. The van der Waals surface area contributed by atoms with Crippen LogP contribution in [0.25, 0.3) is 0 Å². The number of benzene rings is 1. The maximum atomic E-state index is 9.83. The Kier molecular flexibility index (Phi) is 4.62.